The molecule has 0 amide bonds. The van der Waals surface area contributed by atoms with Gasteiger partial charge in [-0.25, -0.2) is 4.39 Å². The largest absolute Gasteiger partial charge is 0.294 e. The molecule has 122 valence electrons. The van der Waals surface area contributed by atoms with Crippen LogP contribution in [0.4, 0.5) is 4.39 Å². The van der Waals surface area contributed by atoms with Crippen molar-refractivity contribution in [1.82, 2.24) is 9.78 Å². The van der Waals surface area contributed by atoms with E-state index in [-0.39, 0.29) is 17.8 Å². The van der Waals surface area contributed by atoms with Crippen molar-refractivity contribution >= 4 is 29.0 Å². The van der Waals surface area contributed by atoms with Crippen LogP contribution in [0.3, 0.4) is 0 Å². The van der Waals surface area contributed by atoms with E-state index in [0.717, 1.165) is 5.56 Å². The van der Waals surface area contributed by atoms with Gasteiger partial charge < -0.3 is 0 Å². The monoisotopic (exact) mass is 362 g/mol. The van der Waals surface area contributed by atoms with Crippen molar-refractivity contribution in [2.75, 3.05) is 0 Å². The molecule has 0 saturated heterocycles. The number of carbonyl (C=O) groups excluding carboxylic acids is 1. The molecule has 0 aliphatic carbocycles. The van der Waals surface area contributed by atoms with Gasteiger partial charge in [-0.3, -0.25) is 9.48 Å². The second-order valence-corrected chi connectivity index (χ2v) is 6.16. The highest BCUT2D eigenvalue weighted by atomic mass is 35.5. The van der Waals surface area contributed by atoms with E-state index in [4.69, 9.17) is 23.2 Å². The third-order valence-electron chi connectivity index (χ3n) is 3.56. The number of benzene rings is 2. The van der Waals surface area contributed by atoms with Gasteiger partial charge in [0.05, 0.1) is 24.2 Å². The van der Waals surface area contributed by atoms with Gasteiger partial charge in [0.2, 0.25) is 0 Å². The molecule has 1 heterocycles. The van der Waals surface area contributed by atoms with Crippen LogP contribution in [0.5, 0.6) is 0 Å². The van der Waals surface area contributed by atoms with Gasteiger partial charge in [-0.05, 0) is 35.9 Å². The molecule has 0 atom stereocenters. The van der Waals surface area contributed by atoms with E-state index in [9.17, 15) is 9.18 Å². The molecule has 0 fully saturated rings. The minimum Gasteiger partial charge on any atom is -0.294 e. The quantitative estimate of drug-likeness (QED) is 0.610. The Morgan fingerprint density at radius 3 is 2.67 bits per heavy atom. The molecule has 0 radical (unpaired) electrons. The first-order valence-corrected chi connectivity index (χ1v) is 8.02. The van der Waals surface area contributed by atoms with Crippen LogP contribution in [0.1, 0.15) is 21.6 Å². The summed E-state index contributed by atoms with van der Waals surface area (Å²) < 4.78 is 15.3. The van der Waals surface area contributed by atoms with E-state index < -0.39 is 5.82 Å². The number of aromatic nitrogens is 2. The molecule has 0 unspecified atom stereocenters. The second-order valence-electron chi connectivity index (χ2n) is 5.32. The van der Waals surface area contributed by atoms with Gasteiger partial charge in [-0.2, -0.15) is 5.10 Å². The Bertz CT molecular complexity index is 892. The molecular formula is C18H13Cl2FN2O. The molecule has 6 heteroatoms. The third kappa shape index (κ3) is 3.83. The minimum atomic E-state index is -0.519. The number of nitrogens with zero attached hydrogens (tertiary/aromatic N) is 2. The van der Waals surface area contributed by atoms with Gasteiger partial charge in [-0.15, -0.1) is 0 Å². The first kappa shape index (κ1) is 16.7. The number of ketones is 1. The molecule has 3 aromatic rings. The van der Waals surface area contributed by atoms with Crippen molar-refractivity contribution in [3.05, 3.63) is 87.4 Å². The van der Waals surface area contributed by atoms with Crippen LogP contribution in [0.15, 0.2) is 54.7 Å². The normalized spacial score (nSPS) is 10.8. The Balaban J connectivity index is 1.72. The van der Waals surface area contributed by atoms with E-state index in [1.807, 2.05) is 6.07 Å². The zero-order valence-corrected chi connectivity index (χ0v) is 14.1. The number of hydrogen-bond donors (Lipinski definition) is 0. The molecule has 2 aromatic carbocycles. The number of halogens is 3. The summed E-state index contributed by atoms with van der Waals surface area (Å²) in [5.41, 5.74) is 1.53. The highest BCUT2D eigenvalue weighted by molar-refractivity contribution is 6.35. The van der Waals surface area contributed by atoms with Gasteiger partial charge in [0.15, 0.2) is 5.78 Å². The van der Waals surface area contributed by atoms with Gasteiger partial charge >= 0.3 is 0 Å². The predicted molar refractivity (Wildman–Crippen MR) is 92.2 cm³/mol. The van der Waals surface area contributed by atoms with Gasteiger partial charge in [0, 0.05) is 16.2 Å². The van der Waals surface area contributed by atoms with Gasteiger partial charge in [-0.1, -0.05) is 41.4 Å². The number of hydrogen-bond acceptors (Lipinski definition) is 2. The molecule has 1 aromatic heterocycles. The molecule has 24 heavy (non-hydrogen) atoms. The fraction of sp³-hybridized carbons (Fsp3) is 0.111. The smallest absolute Gasteiger partial charge is 0.171 e. The standard InChI is InChI=1S/C18H13Cl2FN2O/c19-13-6-5-12(16(20)9-13)11-23-8-7-14(22-23)10-18(24)15-3-1-2-4-17(15)21/h1-9H,10-11H2. The van der Waals surface area contributed by atoms with Crippen LogP contribution in [-0.4, -0.2) is 15.6 Å². The van der Waals surface area contributed by atoms with E-state index >= 15 is 0 Å². The maximum Gasteiger partial charge on any atom is 0.171 e. The summed E-state index contributed by atoms with van der Waals surface area (Å²) in [6.07, 6.45) is 1.80. The van der Waals surface area contributed by atoms with Crippen molar-refractivity contribution in [2.24, 2.45) is 0 Å². The summed E-state index contributed by atoms with van der Waals surface area (Å²) in [5.74, 6) is -0.822. The van der Waals surface area contributed by atoms with Crippen LogP contribution >= 0.6 is 23.2 Å². The van der Waals surface area contributed by atoms with Crippen molar-refractivity contribution in [2.45, 2.75) is 13.0 Å². The molecule has 0 aliphatic rings. The Kier molecular flexibility index (Phi) is 4.97. The SMILES string of the molecule is O=C(Cc1ccn(Cc2ccc(Cl)cc2Cl)n1)c1ccccc1F. The summed E-state index contributed by atoms with van der Waals surface area (Å²) >= 11 is 12.0. The molecule has 0 aliphatic heterocycles. The van der Waals surface area contributed by atoms with Crippen molar-refractivity contribution in [3.8, 4) is 0 Å². The summed E-state index contributed by atoms with van der Waals surface area (Å²) in [6, 6.07) is 12.9. The molecule has 0 saturated carbocycles. The van der Waals surface area contributed by atoms with E-state index in [1.54, 1.807) is 41.2 Å². The second kappa shape index (κ2) is 7.16. The predicted octanol–water partition coefficient (Wildman–Crippen LogP) is 4.80. The maximum atomic E-state index is 13.6. The zero-order valence-electron chi connectivity index (χ0n) is 12.5. The average molecular weight is 363 g/mol. The van der Waals surface area contributed by atoms with Crippen LogP contribution in [0, 0.1) is 5.82 Å². The summed E-state index contributed by atoms with van der Waals surface area (Å²) in [5, 5.41) is 5.47. The molecule has 0 spiro atoms. The molecule has 3 rings (SSSR count). The lowest BCUT2D eigenvalue weighted by molar-refractivity contribution is 0.0988. The lowest BCUT2D eigenvalue weighted by Gasteiger charge is -2.05. The lowest BCUT2D eigenvalue weighted by Crippen LogP contribution is -2.08. The Hall–Kier alpha value is -2.17. The number of rotatable bonds is 5. The van der Waals surface area contributed by atoms with Crippen LogP contribution in [-0.2, 0) is 13.0 Å². The summed E-state index contributed by atoms with van der Waals surface area (Å²) in [6.45, 7) is 0.462. The molecule has 3 nitrogen and oxygen atoms in total. The first-order chi connectivity index (χ1) is 11.5. The molecule has 0 bridgehead atoms. The van der Waals surface area contributed by atoms with Crippen molar-refractivity contribution < 1.29 is 9.18 Å². The van der Waals surface area contributed by atoms with Crippen molar-refractivity contribution in [3.63, 3.8) is 0 Å². The van der Waals surface area contributed by atoms with Crippen LogP contribution < -0.4 is 0 Å². The number of Topliss-reactive ketones (excluding diaryl/α,β-unsaturated/α-hetero) is 1. The minimum absolute atomic E-state index is 0.0439. The van der Waals surface area contributed by atoms with Crippen LogP contribution in [0.2, 0.25) is 10.0 Å². The Labute approximate surface area is 148 Å². The van der Waals surface area contributed by atoms with E-state index in [0.29, 0.717) is 22.3 Å². The van der Waals surface area contributed by atoms with Gasteiger partial charge in [0.25, 0.3) is 0 Å². The lowest BCUT2D eigenvalue weighted by atomic mass is 10.1. The molecular weight excluding hydrogens is 350 g/mol. The zero-order chi connectivity index (χ0) is 17.1. The van der Waals surface area contributed by atoms with Crippen LogP contribution in [0.25, 0.3) is 0 Å². The molecule has 0 N–H and O–H groups in total. The van der Waals surface area contributed by atoms with Crippen molar-refractivity contribution in [1.29, 1.82) is 0 Å². The van der Waals surface area contributed by atoms with E-state index in [1.165, 1.54) is 12.1 Å². The fourth-order valence-electron chi connectivity index (χ4n) is 2.36. The van der Waals surface area contributed by atoms with E-state index in [2.05, 4.69) is 5.10 Å². The summed E-state index contributed by atoms with van der Waals surface area (Å²) in [4.78, 5) is 12.2. The number of carbonyl (C=O) groups is 1. The fourth-order valence-corrected chi connectivity index (χ4v) is 2.83. The third-order valence-corrected chi connectivity index (χ3v) is 4.15. The first-order valence-electron chi connectivity index (χ1n) is 7.27. The highest BCUT2D eigenvalue weighted by Crippen LogP contribution is 2.21. The van der Waals surface area contributed by atoms with Gasteiger partial charge in [0.1, 0.15) is 5.82 Å². The Morgan fingerprint density at radius 1 is 1.12 bits per heavy atom. The highest BCUT2D eigenvalue weighted by Gasteiger charge is 2.13. The Morgan fingerprint density at radius 2 is 1.92 bits per heavy atom. The summed E-state index contributed by atoms with van der Waals surface area (Å²) in [7, 11) is 0. The average Bonchev–Trinajstić information content (AvgIpc) is 2.97. The topological polar surface area (TPSA) is 34.9 Å². The maximum absolute atomic E-state index is 13.6.